The van der Waals surface area contributed by atoms with Crippen molar-refractivity contribution >= 4 is 11.9 Å². The predicted octanol–water partition coefficient (Wildman–Crippen LogP) is 0.189. The van der Waals surface area contributed by atoms with E-state index in [0.717, 1.165) is 0 Å². The molecule has 0 saturated carbocycles. The van der Waals surface area contributed by atoms with Gasteiger partial charge in [0.15, 0.2) is 0 Å². The zero-order valence-corrected chi connectivity index (χ0v) is 8.39. The molecule has 82 valence electrons. The van der Waals surface area contributed by atoms with Crippen molar-refractivity contribution in [1.29, 1.82) is 0 Å². The van der Waals surface area contributed by atoms with Crippen LogP contribution in [-0.2, 0) is 23.8 Å². The molecule has 2 aliphatic rings. The summed E-state index contributed by atoms with van der Waals surface area (Å²) in [7, 11) is 0. The minimum Gasteiger partial charge on any atom is -0.457 e. The van der Waals surface area contributed by atoms with E-state index in [-0.39, 0.29) is 11.7 Å². The van der Waals surface area contributed by atoms with E-state index in [9.17, 15) is 9.59 Å². The smallest absolute Gasteiger partial charge is 0.350 e. The van der Waals surface area contributed by atoms with Gasteiger partial charge < -0.3 is 14.2 Å². The lowest BCUT2D eigenvalue weighted by Crippen LogP contribution is -2.34. The highest BCUT2D eigenvalue weighted by Crippen LogP contribution is 2.29. The molecule has 3 atom stereocenters. The fourth-order valence-electron chi connectivity index (χ4n) is 1.68. The third kappa shape index (κ3) is 1.74. The van der Waals surface area contributed by atoms with Crippen LogP contribution in [0.1, 0.15) is 13.3 Å². The Hall–Kier alpha value is -1.36. The van der Waals surface area contributed by atoms with Crippen LogP contribution < -0.4 is 0 Å². The molecular formula is C10H12O5. The second-order valence-corrected chi connectivity index (χ2v) is 3.71. The Labute approximate surface area is 87.0 Å². The van der Waals surface area contributed by atoms with Gasteiger partial charge in [-0.15, -0.1) is 0 Å². The van der Waals surface area contributed by atoms with E-state index in [4.69, 9.17) is 14.2 Å². The van der Waals surface area contributed by atoms with Crippen LogP contribution in [0.5, 0.6) is 0 Å². The Kier molecular flexibility index (Phi) is 2.48. The average molecular weight is 212 g/mol. The van der Waals surface area contributed by atoms with Crippen molar-refractivity contribution in [1.82, 2.24) is 0 Å². The highest BCUT2D eigenvalue weighted by atomic mass is 16.7. The van der Waals surface area contributed by atoms with Crippen LogP contribution >= 0.6 is 0 Å². The van der Waals surface area contributed by atoms with Crippen LogP contribution in [0.4, 0.5) is 0 Å². The van der Waals surface area contributed by atoms with Crippen molar-refractivity contribution in [3.05, 3.63) is 12.2 Å². The molecule has 0 radical (unpaired) electrons. The number of carbonyl (C=O) groups is 2. The van der Waals surface area contributed by atoms with Crippen molar-refractivity contribution in [3.63, 3.8) is 0 Å². The first kappa shape index (κ1) is 10.2. The van der Waals surface area contributed by atoms with Crippen LogP contribution in [-0.4, -0.2) is 36.9 Å². The molecule has 2 aliphatic heterocycles. The molecule has 0 aromatic rings. The maximum Gasteiger partial charge on any atom is 0.350 e. The van der Waals surface area contributed by atoms with Gasteiger partial charge in [0.05, 0.1) is 6.61 Å². The first-order chi connectivity index (χ1) is 7.09. The van der Waals surface area contributed by atoms with Gasteiger partial charge in [-0.3, -0.25) is 0 Å². The Morgan fingerprint density at radius 1 is 1.60 bits per heavy atom. The molecule has 5 nitrogen and oxygen atoms in total. The van der Waals surface area contributed by atoms with Gasteiger partial charge >= 0.3 is 11.9 Å². The average Bonchev–Trinajstić information content (AvgIpc) is 2.69. The minimum atomic E-state index is -0.929. The number of hydrogen-bond donors (Lipinski definition) is 0. The third-order valence-electron chi connectivity index (χ3n) is 2.46. The minimum absolute atomic E-state index is 0.254. The number of esters is 2. The van der Waals surface area contributed by atoms with Crippen LogP contribution in [0.3, 0.4) is 0 Å². The highest BCUT2D eigenvalue weighted by Gasteiger charge is 2.50. The summed E-state index contributed by atoms with van der Waals surface area (Å²) in [6.45, 7) is 5.50. The van der Waals surface area contributed by atoms with Gasteiger partial charge in [0.25, 0.3) is 0 Å². The van der Waals surface area contributed by atoms with Gasteiger partial charge in [-0.2, -0.15) is 0 Å². The molecule has 0 N–H and O–H groups in total. The van der Waals surface area contributed by atoms with E-state index in [0.29, 0.717) is 13.0 Å². The molecule has 0 bridgehead atoms. The fraction of sp³-hybridized carbons (Fsp3) is 0.600. The van der Waals surface area contributed by atoms with Gasteiger partial charge in [0.1, 0.15) is 12.2 Å². The number of fused-ring (bicyclic) bond motifs is 1. The van der Waals surface area contributed by atoms with E-state index >= 15 is 0 Å². The molecule has 2 rings (SSSR count). The van der Waals surface area contributed by atoms with Crippen molar-refractivity contribution in [2.75, 3.05) is 6.61 Å². The van der Waals surface area contributed by atoms with Crippen molar-refractivity contribution in [3.8, 4) is 0 Å². The molecule has 0 amide bonds. The summed E-state index contributed by atoms with van der Waals surface area (Å²) in [6.07, 6.45) is -0.972. The molecule has 1 unspecified atom stereocenters. The molecule has 15 heavy (non-hydrogen) atoms. The maximum absolute atomic E-state index is 11.3. The van der Waals surface area contributed by atoms with E-state index in [1.807, 2.05) is 0 Å². The summed E-state index contributed by atoms with van der Waals surface area (Å²) in [5.74, 6) is -1.12. The lowest BCUT2D eigenvalue weighted by atomic mass is 10.1. The lowest BCUT2D eigenvalue weighted by molar-refractivity contribution is -0.161. The first-order valence-corrected chi connectivity index (χ1v) is 4.78. The molecule has 2 heterocycles. The summed E-state index contributed by atoms with van der Waals surface area (Å²) in [5.41, 5.74) is 0.254. The summed E-state index contributed by atoms with van der Waals surface area (Å²) >= 11 is 0. The van der Waals surface area contributed by atoms with Crippen molar-refractivity contribution in [2.45, 2.75) is 31.7 Å². The zero-order valence-electron chi connectivity index (χ0n) is 8.39. The molecule has 0 aromatic carbocycles. The van der Waals surface area contributed by atoms with E-state index < -0.39 is 24.1 Å². The second kappa shape index (κ2) is 3.66. The fourth-order valence-corrected chi connectivity index (χ4v) is 1.68. The number of carbonyl (C=O) groups excluding carboxylic acids is 2. The predicted molar refractivity (Wildman–Crippen MR) is 48.9 cm³/mol. The number of rotatable bonds is 2. The Morgan fingerprint density at radius 2 is 2.33 bits per heavy atom. The zero-order chi connectivity index (χ0) is 11.0. The van der Waals surface area contributed by atoms with Gasteiger partial charge in [0.2, 0.25) is 6.10 Å². The van der Waals surface area contributed by atoms with Crippen LogP contribution in [0.15, 0.2) is 12.2 Å². The molecule has 5 heteroatoms. The number of hydrogen-bond acceptors (Lipinski definition) is 5. The molecule has 0 aromatic heterocycles. The van der Waals surface area contributed by atoms with Crippen molar-refractivity contribution < 1.29 is 23.8 Å². The molecular weight excluding hydrogens is 200 g/mol. The van der Waals surface area contributed by atoms with Crippen LogP contribution in [0, 0.1) is 0 Å². The molecule has 2 fully saturated rings. The second-order valence-electron chi connectivity index (χ2n) is 3.71. The van der Waals surface area contributed by atoms with Crippen molar-refractivity contribution in [2.24, 2.45) is 0 Å². The molecule has 0 spiro atoms. The Morgan fingerprint density at radius 3 is 3.00 bits per heavy atom. The standard InChI is InChI=1S/C10H12O5/c1-5(2)9(11)15-8-7-6(3-4-13-7)14-10(8)12/h6-8H,1,3-4H2,2H3/t6-,7+,8?/m1/s1. The van der Waals surface area contributed by atoms with Crippen LogP contribution in [0.25, 0.3) is 0 Å². The van der Waals surface area contributed by atoms with Gasteiger partial charge in [-0.1, -0.05) is 6.58 Å². The normalized spacial score (nSPS) is 33.4. The SMILES string of the molecule is C=C(C)C(=O)OC1C(=O)O[C@@H]2CCO[C@H]12. The summed E-state index contributed by atoms with van der Waals surface area (Å²) < 4.78 is 15.3. The van der Waals surface area contributed by atoms with Gasteiger partial charge in [-0.25, -0.2) is 9.59 Å². The third-order valence-corrected chi connectivity index (χ3v) is 2.46. The topological polar surface area (TPSA) is 61.8 Å². The van der Waals surface area contributed by atoms with E-state index in [2.05, 4.69) is 6.58 Å². The maximum atomic E-state index is 11.3. The summed E-state index contributed by atoms with van der Waals surface area (Å²) in [5, 5.41) is 0. The molecule has 0 aliphatic carbocycles. The summed E-state index contributed by atoms with van der Waals surface area (Å²) in [4.78, 5) is 22.6. The molecule has 2 saturated heterocycles. The quantitative estimate of drug-likeness (QED) is 0.483. The van der Waals surface area contributed by atoms with E-state index in [1.54, 1.807) is 0 Å². The monoisotopic (exact) mass is 212 g/mol. The van der Waals surface area contributed by atoms with Gasteiger partial charge in [-0.05, 0) is 6.92 Å². The number of ether oxygens (including phenoxy) is 3. The van der Waals surface area contributed by atoms with Gasteiger partial charge in [0, 0.05) is 12.0 Å². The highest BCUT2D eigenvalue weighted by molar-refractivity contribution is 5.90. The lowest BCUT2D eigenvalue weighted by Gasteiger charge is -2.13. The Bertz CT molecular complexity index is 322. The van der Waals surface area contributed by atoms with Crippen LogP contribution in [0.2, 0.25) is 0 Å². The largest absolute Gasteiger partial charge is 0.457 e. The Balaban J connectivity index is 2.05. The first-order valence-electron chi connectivity index (χ1n) is 4.78. The van der Waals surface area contributed by atoms with E-state index in [1.165, 1.54) is 6.92 Å². The summed E-state index contributed by atoms with van der Waals surface area (Å²) in [6, 6.07) is 0.